The number of ether oxygens (including phenoxy) is 1. The van der Waals surface area contributed by atoms with Gasteiger partial charge in [-0.05, 0) is 105 Å². The van der Waals surface area contributed by atoms with Gasteiger partial charge in [0.25, 0.3) is 0 Å². The molecule has 35 heavy (non-hydrogen) atoms. The number of rotatable bonds is 3. The van der Waals surface area contributed by atoms with Crippen molar-refractivity contribution < 1.29 is 9.53 Å². The van der Waals surface area contributed by atoms with E-state index in [0.29, 0.717) is 0 Å². The topological polar surface area (TPSA) is 26.3 Å². The first-order valence-corrected chi connectivity index (χ1v) is 13.0. The Bertz CT molecular complexity index is 1130. The maximum Gasteiger partial charge on any atom is 0.160 e. The molecule has 0 fully saturated rings. The number of ketones is 1. The van der Waals surface area contributed by atoms with Gasteiger partial charge < -0.3 is 4.74 Å². The van der Waals surface area contributed by atoms with Crippen molar-refractivity contribution in [2.45, 2.75) is 122 Å². The largest absolute Gasteiger partial charge is 0.361 e. The summed E-state index contributed by atoms with van der Waals surface area (Å²) in [6.07, 6.45) is 4.53. The Morgan fingerprint density at radius 1 is 0.657 bits per heavy atom. The molecular weight excluding hydrogens is 428 g/mol. The predicted octanol–water partition coefficient (Wildman–Crippen LogP) is 9.41. The minimum Gasteiger partial charge on any atom is -0.361 e. The summed E-state index contributed by atoms with van der Waals surface area (Å²) in [6.45, 7) is 34.4. The van der Waals surface area contributed by atoms with Crippen molar-refractivity contribution >= 4 is 5.78 Å². The normalized spacial score (nSPS) is 23.8. The summed E-state index contributed by atoms with van der Waals surface area (Å²) in [5, 5.41) is 0. The molecule has 0 saturated heterocycles. The molecule has 3 aliphatic rings. The summed E-state index contributed by atoms with van der Waals surface area (Å²) in [5.41, 5.74) is 12.7. The van der Waals surface area contributed by atoms with Crippen LogP contribution in [0.25, 0.3) is 0 Å². The van der Waals surface area contributed by atoms with Crippen molar-refractivity contribution in [1.82, 2.24) is 0 Å². The molecular formula is C33H50O2. The molecule has 1 heterocycles. The molecule has 0 atom stereocenters. The van der Waals surface area contributed by atoms with Gasteiger partial charge in [0.05, 0.1) is 11.2 Å². The van der Waals surface area contributed by atoms with Crippen LogP contribution in [0.4, 0.5) is 0 Å². The highest BCUT2D eigenvalue weighted by atomic mass is 16.5. The maximum atomic E-state index is 11.8. The van der Waals surface area contributed by atoms with Crippen molar-refractivity contribution in [3.63, 3.8) is 0 Å². The van der Waals surface area contributed by atoms with E-state index in [9.17, 15) is 4.79 Å². The third-order valence-corrected chi connectivity index (χ3v) is 8.91. The average Bonchev–Trinajstić information content (AvgIpc) is 3.07. The predicted molar refractivity (Wildman–Crippen MR) is 151 cm³/mol. The van der Waals surface area contributed by atoms with Gasteiger partial charge in [-0.15, -0.1) is 0 Å². The van der Waals surface area contributed by atoms with E-state index in [-0.39, 0.29) is 27.8 Å². The summed E-state index contributed by atoms with van der Waals surface area (Å²) in [5.74, 6) is 0.168. The molecule has 0 radical (unpaired) electrons. The van der Waals surface area contributed by atoms with Crippen LogP contribution >= 0.6 is 0 Å². The molecule has 3 rings (SSSR count). The van der Waals surface area contributed by atoms with Crippen LogP contribution in [0.3, 0.4) is 0 Å². The number of hydrogen-bond donors (Lipinski definition) is 0. The monoisotopic (exact) mass is 478 g/mol. The molecule has 0 aromatic carbocycles. The van der Waals surface area contributed by atoms with Gasteiger partial charge >= 0.3 is 0 Å². The molecule has 0 aromatic rings. The third kappa shape index (κ3) is 5.01. The lowest BCUT2D eigenvalue weighted by Crippen LogP contribution is -2.31. The SMILES string of the molecule is CC(=O)C(C1=CC(C)=C(C)C1(C)C)=C(C)C.CC1=C(C)C(C)(C)C(C2=C(C)C(C)(C)OC2(C)C)=C1. The van der Waals surface area contributed by atoms with Crippen LogP contribution in [0.1, 0.15) is 111 Å². The van der Waals surface area contributed by atoms with E-state index >= 15 is 0 Å². The van der Waals surface area contributed by atoms with E-state index in [4.69, 9.17) is 4.74 Å². The van der Waals surface area contributed by atoms with Gasteiger partial charge in [0.15, 0.2) is 5.78 Å². The highest BCUT2D eigenvalue weighted by Crippen LogP contribution is 2.54. The van der Waals surface area contributed by atoms with Crippen molar-refractivity contribution in [1.29, 1.82) is 0 Å². The lowest BCUT2D eigenvalue weighted by atomic mass is 9.73. The van der Waals surface area contributed by atoms with E-state index < -0.39 is 0 Å². The first-order chi connectivity index (χ1) is 15.6. The highest BCUT2D eigenvalue weighted by molar-refractivity contribution is 5.99. The van der Waals surface area contributed by atoms with Crippen LogP contribution in [0.5, 0.6) is 0 Å². The maximum absolute atomic E-state index is 11.8. The van der Waals surface area contributed by atoms with Crippen molar-refractivity contribution in [3.05, 3.63) is 67.9 Å². The van der Waals surface area contributed by atoms with Gasteiger partial charge in [0, 0.05) is 16.4 Å². The number of Topliss-reactive ketones (excluding diaryl/α,β-unsaturated/α-hetero) is 1. The standard InChI is InChI=1S/C18H28O.C15H22O/c1-11-10-14(16(4,5)12(11)2)15-13(3)17(6,7)19-18(15,8)9;1-9(2)14(12(5)16)13-8-10(3)11(4)15(13,6)7/h10H,1-9H3;8H,1-7H3. The van der Waals surface area contributed by atoms with Crippen LogP contribution in [-0.2, 0) is 9.53 Å². The van der Waals surface area contributed by atoms with Gasteiger partial charge in [-0.1, -0.05) is 67.7 Å². The van der Waals surface area contributed by atoms with Gasteiger partial charge in [-0.25, -0.2) is 0 Å². The minimum atomic E-state index is -0.207. The van der Waals surface area contributed by atoms with Crippen LogP contribution < -0.4 is 0 Å². The number of carbonyl (C=O) groups excluding carboxylic acids is 1. The Morgan fingerprint density at radius 3 is 1.40 bits per heavy atom. The molecule has 0 bridgehead atoms. The lowest BCUT2D eigenvalue weighted by Gasteiger charge is -2.33. The Kier molecular flexibility index (Phi) is 7.69. The van der Waals surface area contributed by atoms with E-state index in [1.54, 1.807) is 6.92 Å². The molecule has 0 amide bonds. The van der Waals surface area contributed by atoms with E-state index in [1.807, 2.05) is 13.8 Å². The summed E-state index contributed by atoms with van der Waals surface area (Å²) in [4.78, 5) is 11.8. The Morgan fingerprint density at radius 2 is 1.11 bits per heavy atom. The summed E-state index contributed by atoms with van der Waals surface area (Å²) >= 11 is 0. The molecule has 194 valence electrons. The third-order valence-electron chi connectivity index (χ3n) is 8.91. The Balaban J connectivity index is 0.000000251. The molecule has 0 saturated carbocycles. The number of carbonyl (C=O) groups is 1. The molecule has 2 heteroatoms. The molecule has 0 N–H and O–H groups in total. The number of allylic oxidation sites excluding steroid dienone is 9. The van der Waals surface area contributed by atoms with E-state index in [2.05, 4.69) is 102 Å². The molecule has 0 unspecified atom stereocenters. The molecule has 2 nitrogen and oxygen atoms in total. The van der Waals surface area contributed by atoms with Crippen LogP contribution in [0.15, 0.2) is 67.9 Å². The van der Waals surface area contributed by atoms with Crippen LogP contribution in [0.2, 0.25) is 0 Å². The lowest BCUT2D eigenvalue weighted by molar-refractivity contribution is -0.113. The molecule has 2 aliphatic carbocycles. The second-order valence-corrected chi connectivity index (χ2v) is 13.0. The van der Waals surface area contributed by atoms with E-state index in [1.165, 1.54) is 44.6 Å². The zero-order valence-electron chi connectivity index (χ0n) is 25.5. The Hall–Kier alpha value is -1.93. The zero-order chi connectivity index (χ0) is 27.5. The molecule has 1 aliphatic heterocycles. The zero-order valence-corrected chi connectivity index (χ0v) is 25.5. The fraction of sp³-hybridized carbons (Fsp3) is 0.606. The summed E-state index contributed by atoms with van der Waals surface area (Å²) in [7, 11) is 0. The fourth-order valence-corrected chi connectivity index (χ4v) is 6.02. The molecule has 0 spiro atoms. The fourth-order valence-electron chi connectivity index (χ4n) is 6.02. The van der Waals surface area contributed by atoms with Gasteiger partial charge in [-0.2, -0.15) is 0 Å². The second kappa shape index (κ2) is 9.18. The second-order valence-electron chi connectivity index (χ2n) is 13.0. The van der Waals surface area contributed by atoms with Crippen LogP contribution in [0, 0.1) is 10.8 Å². The van der Waals surface area contributed by atoms with E-state index in [0.717, 1.165) is 11.1 Å². The summed E-state index contributed by atoms with van der Waals surface area (Å²) in [6, 6.07) is 0. The van der Waals surface area contributed by atoms with Crippen molar-refractivity contribution in [2.75, 3.05) is 0 Å². The van der Waals surface area contributed by atoms with Crippen LogP contribution in [-0.4, -0.2) is 17.0 Å². The minimum absolute atomic E-state index is 0.0116. The van der Waals surface area contributed by atoms with Gasteiger partial charge in [-0.3, -0.25) is 4.79 Å². The Labute approximate surface area is 216 Å². The van der Waals surface area contributed by atoms with Gasteiger partial charge in [0.2, 0.25) is 0 Å². The first-order valence-electron chi connectivity index (χ1n) is 13.0. The van der Waals surface area contributed by atoms with Crippen molar-refractivity contribution in [3.8, 4) is 0 Å². The average molecular weight is 479 g/mol. The molecule has 0 aromatic heterocycles. The van der Waals surface area contributed by atoms with Gasteiger partial charge in [0.1, 0.15) is 0 Å². The number of hydrogen-bond acceptors (Lipinski definition) is 2. The smallest absolute Gasteiger partial charge is 0.160 e. The first kappa shape index (κ1) is 29.3. The quantitative estimate of drug-likeness (QED) is 0.378. The highest BCUT2D eigenvalue weighted by Gasteiger charge is 2.48. The summed E-state index contributed by atoms with van der Waals surface area (Å²) < 4.78 is 6.30. The van der Waals surface area contributed by atoms with Crippen molar-refractivity contribution in [2.24, 2.45) is 10.8 Å².